The second kappa shape index (κ2) is 4.10. The summed E-state index contributed by atoms with van der Waals surface area (Å²) in [6.45, 7) is 0. The van der Waals surface area contributed by atoms with Crippen molar-refractivity contribution >= 4 is 5.78 Å². The Hall–Kier alpha value is -2.81. The maximum atomic E-state index is 12.5. The molecule has 0 radical (unpaired) electrons. The highest BCUT2D eigenvalue weighted by molar-refractivity contribution is 6.12. The lowest BCUT2D eigenvalue weighted by atomic mass is 10.1. The Balaban J connectivity index is 1.81. The van der Waals surface area contributed by atoms with E-state index in [2.05, 4.69) is 0 Å². The summed E-state index contributed by atoms with van der Waals surface area (Å²) in [5, 5.41) is 0. The van der Waals surface area contributed by atoms with Crippen molar-refractivity contribution in [1.29, 1.82) is 0 Å². The Kier molecular flexibility index (Phi) is 2.27. The van der Waals surface area contributed by atoms with Crippen molar-refractivity contribution < 1.29 is 13.6 Å². The van der Waals surface area contributed by atoms with Crippen LogP contribution in [0.15, 0.2) is 70.3 Å². The number of hydrogen-bond donors (Lipinski definition) is 0. The van der Waals surface area contributed by atoms with Crippen molar-refractivity contribution in [2.45, 2.75) is 0 Å². The van der Waals surface area contributed by atoms with Crippen molar-refractivity contribution in [3.8, 4) is 22.3 Å². The van der Waals surface area contributed by atoms with Crippen molar-refractivity contribution in [2.24, 2.45) is 0 Å². The molecule has 0 atom stereocenters. The number of rotatable bonds is 2. The normalized spacial score (nSPS) is 11.2. The van der Waals surface area contributed by atoms with E-state index >= 15 is 0 Å². The smallest absolute Gasteiger partial charge is 0.193 e. The minimum Gasteiger partial charge on any atom is -0.472 e. The maximum Gasteiger partial charge on any atom is 0.193 e. The van der Waals surface area contributed by atoms with Gasteiger partial charge in [-0.05, 0) is 47.5 Å². The van der Waals surface area contributed by atoms with E-state index in [1.165, 1.54) is 0 Å². The average Bonchev–Trinajstić information content (AvgIpc) is 3.10. The largest absolute Gasteiger partial charge is 0.472 e. The van der Waals surface area contributed by atoms with Crippen LogP contribution in [0.4, 0.5) is 0 Å². The molecule has 0 N–H and O–H groups in total. The highest BCUT2D eigenvalue weighted by atomic mass is 16.3. The lowest BCUT2D eigenvalue weighted by molar-refractivity contribution is 0.103. The van der Waals surface area contributed by atoms with Gasteiger partial charge in [-0.15, -0.1) is 0 Å². The molecule has 2 aliphatic heterocycles. The highest BCUT2D eigenvalue weighted by Gasteiger charge is 2.17. The van der Waals surface area contributed by atoms with Gasteiger partial charge >= 0.3 is 0 Å². The van der Waals surface area contributed by atoms with E-state index in [1.54, 1.807) is 25.1 Å². The molecule has 0 aromatic carbocycles. The zero-order chi connectivity index (χ0) is 13.5. The van der Waals surface area contributed by atoms with E-state index < -0.39 is 0 Å². The summed E-state index contributed by atoms with van der Waals surface area (Å²) in [6, 6.07) is 11.2. The van der Waals surface area contributed by atoms with Gasteiger partial charge in [-0.3, -0.25) is 4.79 Å². The first-order chi connectivity index (χ1) is 9.81. The van der Waals surface area contributed by atoms with E-state index in [0.717, 1.165) is 22.3 Å². The van der Waals surface area contributed by atoms with Crippen LogP contribution in [-0.2, 0) is 0 Å². The van der Waals surface area contributed by atoms with E-state index in [9.17, 15) is 4.79 Å². The van der Waals surface area contributed by atoms with Crippen LogP contribution in [0.2, 0.25) is 0 Å². The predicted octanol–water partition coefficient (Wildman–Crippen LogP) is 4.31. The summed E-state index contributed by atoms with van der Waals surface area (Å²) >= 11 is 0. The highest BCUT2D eigenvalue weighted by Crippen LogP contribution is 2.30. The van der Waals surface area contributed by atoms with E-state index in [0.29, 0.717) is 11.1 Å². The maximum absolute atomic E-state index is 12.5. The van der Waals surface area contributed by atoms with Gasteiger partial charge in [0.05, 0.1) is 25.1 Å². The summed E-state index contributed by atoms with van der Waals surface area (Å²) < 4.78 is 10.2. The third-order valence-electron chi connectivity index (χ3n) is 3.48. The standard InChI is InChI=1S/C17H10O3/c18-17(13-5-11-1-3-19-9-15(11)7-13)14-6-12-2-4-20-10-16(12)8-14/h1-10H. The van der Waals surface area contributed by atoms with Gasteiger partial charge < -0.3 is 8.83 Å². The second-order valence-electron chi connectivity index (χ2n) is 4.75. The molecule has 3 heteroatoms. The summed E-state index contributed by atoms with van der Waals surface area (Å²) in [5.41, 5.74) is 5.22. The Morgan fingerprint density at radius 3 is 1.60 bits per heavy atom. The third-order valence-corrected chi connectivity index (χ3v) is 3.48. The van der Waals surface area contributed by atoms with Crippen molar-refractivity contribution in [2.75, 3.05) is 0 Å². The Labute approximate surface area is 115 Å². The van der Waals surface area contributed by atoms with Gasteiger partial charge in [-0.2, -0.15) is 0 Å². The molecule has 0 aromatic heterocycles. The van der Waals surface area contributed by atoms with Crippen LogP contribution in [0.1, 0.15) is 15.9 Å². The number of carbonyl (C=O) groups is 1. The summed E-state index contributed by atoms with van der Waals surface area (Å²) in [5.74, 6) is 0.0115. The van der Waals surface area contributed by atoms with Crippen LogP contribution in [0.3, 0.4) is 0 Å². The van der Waals surface area contributed by atoms with Crippen molar-refractivity contribution in [1.82, 2.24) is 0 Å². The van der Waals surface area contributed by atoms with E-state index in [1.807, 2.05) is 36.4 Å². The molecule has 2 heterocycles. The second-order valence-corrected chi connectivity index (χ2v) is 4.75. The van der Waals surface area contributed by atoms with Crippen molar-refractivity contribution in [3.05, 3.63) is 72.6 Å². The number of carbonyl (C=O) groups excluding carboxylic acids is 1. The molecular weight excluding hydrogens is 252 g/mol. The van der Waals surface area contributed by atoms with Gasteiger partial charge in [0.15, 0.2) is 5.78 Å². The molecule has 0 spiro atoms. The number of fused-ring (bicyclic) bond motifs is 2. The first-order valence-electron chi connectivity index (χ1n) is 6.28. The third kappa shape index (κ3) is 1.64. The zero-order valence-corrected chi connectivity index (χ0v) is 10.5. The summed E-state index contributed by atoms with van der Waals surface area (Å²) in [4.78, 5) is 12.5. The predicted molar refractivity (Wildman–Crippen MR) is 74.1 cm³/mol. The molecule has 2 aliphatic carbocycles. The van der Waals surface area contributed by atoms with Crippen LogP contribution >= 0.6 is 0 Å². The van der Waals surface area contributed by atoms with E-state index in [4.69, 9.17) is 8.83 Å². The van der Waals surface area contributed by atoms with Gasteiger partial charge in [-0.25, -0.2) is 0 Å². The summed E-state index contributed by atoms with van der Waals surface area (Å²) in [7, 11) is 0. The first-order valence-corrected chi connectivity index (χ1v) is 6.28. The quantitative estimate of drug-likeness (QED) is 0.505. The lowest BCUT2D eigenvalue weighted by Crippen LogP contribution is -1.96. The fourth-order valence-electron chi connectivity index (χ4n) is 2.46. The molecule has 4 aliphatic rings. The lowest BCUT2D eigenvalue weighted by Gasteiger charge is -1.91. The Bertz CT molecular complexity index is 708. The van der Waals surface area contributed by atoms with Crippen molar-refractivity contribution in [3.63, 3.8) is 0 Å². The van der Waals surface area contributed by atoms with Crippen LogP contribution < -0.4 is 0 Å². The Morgan fingerprint density at radius 1 is 0.700 bits per heavy atom. The SMILES string of the molecule is O=C(c1cc2ccocc-2c1)c1cc2ccocc-2c1. The molecule has 4 rings (SSSR count). The van der Waals surface area contributed by atoms with Gasteiger partial charge in [0.1, 0.15) is 0 Å². The molecule has 0 aromatic rings. The topological polar surface area (TPSA) is 43.4 Å². The molecule has 20 heavy (non-hydrogen) atoms. The molecule has 0 fully saturated rings. The van der Waals surface area contributed by atoms with E-state index in [-0.39, 0.29) is 5.78 Å². The van der Waals surface area contributed by atoms with Crippen LogP contribution in [0, 0.1) is 0 Å². The first kappa shape index (κ1) is 11.1. The zero-order valence-electron chi connectivity index (χ0n) is 10.5. The molecule has 3 nitrogen and oxygen atoms in total. The fourth-order valence-corrected chi connectivity index (χ4v) is 2.46. The Morgan fingerprint density at radius 2 is 1.15 bits per heavy atom. The molecular formula is C17H10O3. The minimum atomic E-state index is 0.0115. The molecule has 0 unspecified atom stereocenters. The molecule has 0 saturated heterocycles. The van der Waals surface area contributed by atoms with Crippen LogP contribution in [0.5, 0.6) is 0 Å². The van der Waals surface area contributed by atoms with Gasteiger partial charge in [0, 0.05) is 22.3 Å². The number of ketones is 1. The van der Waals surface area contributed by atoms with Crippen LogP contribution in [0.25, 0.3) is 22.3 Å². The monoisotopic (exact) mass is 262 g/mol. The molecule has 0 amide bonds. The van der Waals surface area contributed by atoms with Crippen LogP contribution in [-0.4, -0.2) is 5.78 Å². The molecule has 96 valence electrons. The van der Waals surface area contributed by atoms with Gasteiger partial charge in [-0.1, -0.05) is 0 Å². The van der Waals surface area contributed by atoms with Gasteiger partial charge in [0.25, 0.3) is 0 Å². The molecule has 0 saturated carbocycles. The summed E-state index contributed by atoms with van der Waals surface area (Å²) in [6.07, 6.45) is 6.50. The fraction of sp³-hybridized carbons (Fsp3) is 0. The average molecular weight is 262 g/mol. The van der Waals surface area contributed by atoms with Gasteiger partial charge in [0.2, 0.25) is 0 Å². The number of hydrogen-bond acceptors (Lipinski definition) is 3. The molecule has 0 bridgehead atoms. The minimum absolute atomic E-state index is 0.0115.